The maximum atomic E-state index is 12.8. The first-order valence-electron chi connectivity index (χ1n) is 7.93. The van der Waals surface area contributed by atoms with E-state index in [1.165, 1.54) is 12.1 Å². The Morgan fingerprint density at radius 1 is 1.00 bits per heavy atom. The predicted octanol–water partition coefficient (Wildman–Crippen LogP) is 2.95. The summed E-state index contributed by atoms with van der Waals surface area (Å²) in [5.74, 6) is -1.03. The Balaban J connectivity index is 2.00. The molecule has 0 saturated carbocycles. The molecular weight excluding hydrogens is 338 g/mol. The summed E-state index contributed by atoms with van der Waals surface area (Å²) in [6.45, 7) is 7.17. The van der Waals surface area contributed by atoms with Crippen LogP contribution >= 0.6 is 0 Å². The van der Waals surface area contributed by atoms with Gasteiger partial charge in [-0.15, -0.1) is 0 Å². The van der Waals surface area contributed by atoms with Gasteiger partial charge in [0.1, 0.15) is 11.4 Å². The van der Waals surface area contributed by atoms with E-state index in [1.807, 2.05) is 27.7 Å². The lowest BCUT2D eigenvalue weighted by Gasteiger charge is -2.17. The van der Waals surface area contributed by atoms with E-state index in [4.69, 9.17) is 0 Å². The summed E-state index contributed by atoms with van der Waals surface area (Å²) in [5, 5.41) is 0. The number of fused-ring (bicyclic) bond motifs is 1. The number of Topliss-reactive ketones (excluding diaryl/α,β-unsaturated/α-hetero) is 1. The van der Waals surface area contributed by atoms with Gasteiger partial charge in [-0.25, -0.2) is 12.7 Å². The van der Waals surface area contributed by atoms with E-state index in [2.05, 4.69) is 0 Å². The number of aryl methyl sites for hydroxylation is 1. The fourth-order valence-electron chi connectivity index (χ4n) is 3.10. The van der Waals surface area contributed by atoms with Crippen molar-refractivity contribution in [1.82, 2.24) is 4.31 Å². The number of hydrogen-bond donors (Lipinski definition) is 0. The zero-order valence-electron chi connectivity index (χ0n) is 14.6. The van der Waals surface area contributed by atoms with Crippen LogP contribution in [0.4, 0.5) is 0 Å². The Morgan fingerprint density at radius 2 is 1.64 bits per heavy atom. The van der Waals surface area contributed by atoms with Gasteiger partial charge >= 0.3 is 0 Å². The van der Waals surface area contributed by atoms with E-state index < -0.39 is 22.5 Å². The predicted molar refractivity (Wildman–Crippen MR) is 94.4 cm³/mol. The number of hydrogen-bond acceptors (Lipinski definition) is 4. The highest BCUT2D eigenvalue weighted by Crippen LogP contribution is 2.30. The minimum absolute atomic E-state index is 0.0409. The molecule has 6 heteroatoms. The molecule has 0 fully saturated rings. The van der Waals surface area contributed by atoms with Crippen LogP contribution in [0.15, 0.2) is 35.2 Å². The summed E-state index contributed by atoms with van der Waals surface area (Å²) < 4.78 is 25.8. The van der Waals surface area contributed by atoms with Crippen LogP contribution in [0.2, 0.25) is 0 Å². The molecule has 3 rings (SSSR count). The summed E-state index contributed by atoms with van der Waals surface area (Å²) >= 11 is 0. The monoisotopic (exact) mass is 357 g/mol. The molecule has 0 aliphatic carbocycles. The minimum atomic E-state index is -3.98. The molecular formula is C19H19NO4S. The molecule has 1 amide bonds. The average molecular weight is 357 g/mol. The number of benzene rings is 2. The SMILES string of the molecule is Cc1cc(C(=O)CN2C(=O)c3ccccc3S2(=O)=O)c(C)c(C)c1C. The smallest absolute Gasteiger partial charge is 0.269 e. The van der Waals surface area contributed by atoms with Gasteiger partial charge in [0.15, 0.2) is 5.78 Å². The maximum absolute atomic E-state index is 12.8. The maximum Gasteiger partial charge on any atom is 0.269 e. The molecule has 2 aromatic carbocycles. The number of sulfonamides is 1. The van der Waals surface area contributed by atoms with E-state index in [9.17, 15) is 18.0 Å². The van der Waals surface area contributed by atoms with Gasteiger partial charge in [-0.3, -0.25) is 9.59 Å². The minimum Gasteiger partial charge on any atom is -0.292 e. The quantitative estimate of drug-likeness (QED) is 0.792. The van der Waals surface area contributed by atoms with E-state index in [1.54, 1.807) is 18.2 Å². The second kappa shape index (κ2) is 5.81. The van der Waals surface area contributed by atoms with Crippen LogP contribution in [-0.4, -0.2) is 31.0 Å². The third kappa shape index (κ3) is 2.57. The van der Waals surface area contributed by atoms with Gasteiger partial charge in [-0.1, -0.05) is 12.1 Å². The number of carbonyl (C=O) groups excluding carboxylic acids is 2. The van der Waals surface area contributed by atoms with Crippen molar-refractivity contribution in [2.24, 2.45) is 0 Å². The van der Waals surface area contributed by atoms with Gasteiger partial charge in [-0.2, -0.15) is 0 Å². The van der Waals surface area contributed by atoms with Crippen molar-refractivity contribution >= 4 is 21.7 Å². The normalized spacial score (nSPS) is 15.4. The Bertz CT molecular complexity index is 1020. The van der Waals surface area contributed by atoms with E-state index in [0.717, 1.165) is 22.3 Å². The summed E-state index contributed by atoms with van der Waals surface area (Å²) in [6, 6.07) is 7.78. The molecule has 1 aliphatic heterocycles. The molecule has 2 aromatic rings. The zero-order valence-corrected chi connectivity index (χ0v) is 15.4. The zero-order chi connectivity index (χ0) is 18.5. The van der Waals surface area contributed by atoms with E-state index >= 15 is 0 Å². The molecule has 0 spiro atoms. The van der Waals surface area contributed by atoms with Crippen LogP contribution < -0.4 is 0 Å². The second-order valence-corrected chi connectivity index (χ2v) is 8.18. The molecule has 0 unspecified atom stereocenters. The standard InChI is InChI=1S/C19H19NO4S/c1-11-9-16(14(4)13(3)12(11)2)17(21)10-20-19(22)15-7-5-6-8-18(15)25(20,23)24/h5-9H,10H2,1-4H3. The molecule has 5 nitrogen and oxygen atoms in total. The van der Waals surface area contributed by atoms with E-state index in [-0.39, 0.29) is 16.2 Å². The van der Waals surface area contributed by atoms with Crippen molar-refractivity contribution in [1.29, 1.82) is 0 Å². The Hall–Kier alpha value is -2.47. The highest BCUT2D eigenvalue weighted by atomic mass is 32.2. The van der Waals surface area contributed by atoms with Crippen LogP contribution in [0.1, 0.15) is 43.0 Å². The van der Waals surface area contributed by atoms with Crippen molar-refractivity contribution in [2.45, 2.75) is 32.6 Å². The van der Waals surface area contributed by atoms with Gasteiger partial charge < -0.3 is 0 Å². The summed E-state index contributed by atoms with van der Waals surface area (Å²) in [6.07, 6.45) is 0. The Labute approximate surface area is 147 Å². The molecule has 1 heterocycles. The molecule has 0 radical (unpaired) electrons. The summed E-state index contributed by atoms with van der Waals surface area (Å²) in [5.41, 5.74) is 4.46. The number of amides is 1. The van der Waals surface area contributed by atoms with Crippen molar-refractivity contribution in [3.05, 3.63) is 63.7 Å². The van der Waals surface area contributed by atoms with Crippen molar-refractivity contribution in [2.75, 3.05) is 6.54 Å². The number of nitrogens with zero attached hydrogens (tertiary/aromatic N) is 1. The average Bonchev–Trinajstić information content (AvgIpc) is 2.77. The number of ketones is 1. The van der Waals surface area contributed by atoms with Crippen molar-refractivity contribution in [3.63, 3.8) is 0 Å². The van der Waals surface area contributed by atoms with Crippen LogP contribution in [0, 0.1) is 27.7 Å². The molecule has 0 saturated heterocycles. The van der Waals surface area contributed by atoms with Crippen molar-refractivity contribution in [3.8, 4) is 0 Å². The second-order valence-electron chi connectivity index (χ2n) is 6.35. The first-order valence-corrected chi connectivity index (χ1v) is 9.37. The molecule has 0 N–H and O–H groups in total. The molecule has 25 heavy (non-hydrogen) atoms. The first kappa shape index (κ1) is 17.4. The Kier molecular flexibility index (Phi) is 4.03. The third-order valence-electron chi connectivity index (χ3n) is 4.98. The van der Waals surface area contributed by atoms with Gasteiger partial charge in [0.2, 0.25) is 0 Å². The van der Waals surface area contributed by atoms with Gasteiger partial charge in [0.05, 0.1) is 5.56 Å². The largest absolute Gasteiger partial charge is 0.292 e. The molecule has 130 valence electrons. The number of rotatable bonds is 3. The lowest BCUT2D eigenvalue weighted by molar-refractivity contribution is 0.0820. The number of carbonyl (C=O) groups is 2. The Morgan fingerprint density at radius 3 is 2.28 bits per heavy atom. The van der Waals surface area contributed by atoms with Crippen LogP contribution in [0.25, 0.3) is 0 Å². The van der Waals surface area contributed by atoms with Crippen LogP contribution in [0.3, 0.4) is 0 Å². The first-order chi connectivity index (χ1) is 11.7. The topological polar surface area (TPSA) is 71.5 Å². The van der Waals surface area contributed by atoms with Gasteiger partial charge in [-0.05, 0) is 68.1 Å². The summed E-state index contributed by atoms with van der Waals surface area (Å²) in [7, 11) is -3.98. The van der Waals surface area contributed by atoms with Crippen LogP contribution in [-0.2, 0) is 10.0 Å². The lowest BCUT2D eigenvalue weighted by Crippen LogP contribution is -2.35. The highest BCUT2D eigenvalue weighted by Gasteiger charge is 2.41. The fourth-order valence-corrected chi connectivity index (χ4v) is 4.63. The molecule has 0 aromatic heterocycles. The lowest BCUT2D eigenvalue weighted by atomic mass is 9.92. The third-order valence-corrected chi connectivity index (χ3v) is 6.77. The molecule has 1 aliphatic rings. The van der Waals surface area contributed by atoms with Gasteiger partial charge in [0.25, 0.3) is 15.9 Å². The van der Waals surface area contributed by atoms with Gasteiger partial charge in [0, 0.05) is 5.56 Å². The molecule has 0 atom stereocenters. The molecule has 0 bridgehead atoms. The fraction of sp³-hybridized carbons (Fsp3) is 0.263. The van der Waals surface area contributed by atoms with E-state index in [0.29, 0.717) is 9.87 Å². The highest BCUT2D eigenvalue weighted by molar-refractivity contribution is 7.90. The summed E-state index contributed by atoms with van der Waals surface area (Å²) in [4.78, 5) is 25.2. The van der Waals surface area contributed by atoms with Crippen LogP contribution in [0.5, 0.6) is 0 Å². The van der Waals surface area contributed by atoms with Crippen molar-refractivity contribution < 1.29 is 18.0 Å².